The summed E-state index contributed by atoms with van der Waals surface area (Å²) in [6, 6.07) is 0. The van der Waals surface area contributed by atoms with Crippen molar-refractivity contribution >= 4 is 5.78 Å². The number of ketones is 1. The van der Waals surface area contributed by atoms with E-state index in [0.29, 0.717) is 24.7 Å². The van der Waals surface area contributed by atoms with E-state index in [-0.39, 0.29) is 11.5 Å². The number of carbonyl (C=O) groups is 1. The molecule has 1 heterocycles. The van der Waals surface area contributed by atoms with Gasteiger partial charge < -0.3 is 9.84 Å². The molecule has 0 radical (unpaired) electrons. The number of carbonyl (C=O) groups excluding carboxylic acids is 1. The Kier molecular flexibility index (Phi) is 2.87. The predicted molar refractivity (Wildman–Crippen MR) is 52.0 cm³/mol. The second kappa shape index (κ2) is 4.13. The zero-order valence-corrected chi connectivity index (χ0v) is 8.24. The Balaban J connectivity index is 1.97. The number of allylic oxidation sites excluding steroid dienone is 2. The van der Waals surface area contributed by atoms with Crippen molar-refractivity contribution < 1.29 is 14.6 Å². The van der Waals surface area contributed by atoms with Crippen molar-refractivity contribution in [1.29, 1.82) is 0 Å². The summed E-state index contributed by atoms with van der Waals surface area (Å²) in [6.45, 7) is 1.61. The van der Waals surface area contributed by atoms with Gasteiger partial charge in [-0.3, -0.25) is 4.79 Å². The maximum absolute atomic E-state index is 11.3. The van der Waals surface area contributed by atoms with Crippen LogP contribution >= 0.6 is 0 Å². The van der Waals surface area contributed by atoms with E-state index in [1.54, 1.807) is 0 Å². The first-order valence-electron chi connectivity index (χ1n) is 5.26. The molecule has 1 saturated heterocycles. The van der Waals surface area contributed by atoms with Gasteiger partial charge in [0.15, 0.2) is 5.78 Å². The minimum atomic E-state index is 0.0743. The fraction of sp³-hybridized carbons (Fsp3) is 0.727. The number of aliphatic hydroxyl groups is 1. The van der Waals surface area contributed by atoms with Crippen LogP contribution in [0.1, 0.15) is 25.7 Å². The van der Waals surface area contributed by atoms with Crippen LogP contribution in [0.4, 0.5) is 0 Å². The molecule has 0 saturated carbocycles. The molecule has 1 unspecified atom stereocenters. The van der Waals surface area contributed by atoms with Crippen molar-refractivity contribution in [2.75, 3.05) is 13.2 Å². The van der Waals surface area contributed by atoms with E-state index in [0.717, 1.165) is 26.1 Å². The van der Waals surface area contributed by atoms with Crippen LogP contribution in [0, 0.1) is 11.8 Å². The van der Waals surface area contributed by atoms with Crippen molar-refractivity contribution in [3.63, 3.8) is 0 Å². The highest BCUT2D eigenvalue weighted by molar-refractivity contribution is 5.91. The first-order chi connectivity index (χ1) is 6.75. The van der Waals surface area contributed by atoms with Gasteiger partial charge in [-0.15, -0.1) is 0 Å². The van der Waals surface area contributed by atoms with Gasteiger partial charge in [0.05, 0.1) is 5.76 Å². The predicted octanol–water partition coefficient (Wildman–Crippen LogP) is 1.83. The first kappa shape index (κ1) is 9.71. The smallest absolute Gasteiger partial charge is 0.159 e. The standard InChI is InChI=1S/C11H16O3/c12-10-5-9(6-11(13)7-10)8-1-3-14-4-2-8/h7-9,12H,1-6H2. The molecule has 2 rings (SSSR count). The van der Waals surface area contributed by atoms with E-state index in [2.05, 4.69) is 0 Å². The normalized spacial score (nSPS) is 30.1. The van der Waals surface area contributed by atoms with Crippen molar-refractivity contribution in [1.82, 2.24) is 0 Å². The Morgan fingerprint density at radius 3 is 2.57 bits per heavy atom. The first-order valence-corrected chi connectivity index (χ1v) is 5.26. The van der Waals surface area contributed by atoms with Crippen LogP contribution in [0.15, 0.2) is 11.8 Å². The molecular weight excluding hydrogens is 180 g/mol. The summed E-state index contributed by atoms with van der Waals surface area (Å²) >= 11 is 0. The third kappa shape index (κ3) is 2.15. The SMILES string of the molecule is O=C1C=C(O)CC(C2CCOCC2)C1. The monoisotopic (exact) mass is 196 g/mol. The molecule has 1 fully saturated rings. The molecule has 0 bridgehead atoms. The van der Waals surface area contributed by atoms with E-state index in [1.165, 1.54) is 6.08 Å². The zero-order valence-electron chi connectivity index (χ0n) is 8.24. The van der Waals surface area contributed by atoms with E-state index in [1.807, 2.05) is 0 Å². The van der Waals surface area contributed by atoms with Gasteiger partial charge in [0.1, 0.15) is 0 Å². The van der Waals surface area contributed by atoms with E-state index in [4.69, 9.17) is 4.74 Å². The molecule has 0 aromatic rings. The Labute approximate surface area is 83.8 Å². The minimum absolute atomic E-state index is 0.0743. The Morgan fingerprint density at radius 2 is 1.93 bits per heavy atom. The summed E-state index contributed by atoms with van der Waals surface area (Å²) in [5.41, 5.74) is 0. The fourth-order valence-corrected chi connectivity index (χ4v) is 2.42. The Bertz CT molecular complexity index is 251. The zero-order chi connectivity index (χ0) is 9.97. The second-order valence-electron chi connectivity index (χ2n) is 4.22. The maximum atomic E-state index is 11.3. The van der Waals surface area contributed by atoms with E-state index in [9.17, 15) is 9.90 Å². The van der Waals surface area contributed by atoms with Crippen LogP contribution in [-0.4, -0.2) is 24.1 Å². The summed E-state index contributed by atoms with van der Waals surface area (Å²) < 4.78 is 5.28. The van der Waals surface area contributed by atoms with Gasteiger partial charge in [-0.2, -0.15) is 0 Å². The number of rotatable bonds is 1. The molecule has 78 valence electrons. The lowest BCUT2D eigenvalue weighted by molar-refractivity contribution is -0.117. The molecule has 3 nitrogen and oxygen atoms in total. The number of ether oxygens (including phenoxy) is 1. The molecular formula is C11H16O3. The lowest BCUT2D eigenvalue weighted by Gasteiger charge is -2.31. The van der Waals surface area contributed by atoms with Crippen LogP contribution in [0.3, 0.4) is 0 Å². The Morgan fingerprint density at radius 1 is 1.21 bits per heavy atom. The highest BCUT2D eigenvalue weighted by Gasteiger charge is 2.29. The molecule has 1 aliphatic carbocycles. The molecule has 0 amide bonds. The van der Waals surface area contributed by atoms with Gasteiger partial charge in [-0.25, -0.2) is 0 Å². The molecule has 14 heavy (non-hydrogen) atoms. The highest BCUT2D eigenvalue weighted by atomic mass is 16.5. The average Bonchev–Trinajstić information content (AvgIpc) is 2.18. The number of aliphatic hydroxyl groups excluding tert-OH is 1. The molecule has 1 N–H and O–H groups in total. The molecule has 1 aliphatic heterocycles. The summed E-state index contributed by atoms with van der Waals surface area (Å²) in [6.07, 6.45) is 4.72. The topological polar surface area (TPSA) is 46.5 Å². The van der Waals surface area contributed by atoms with Gasteiger partial charge in [-0.05, 0) is 24.7 Å². The van der Waals surface area contributed by atoms with Crippen LogP contribution in [-0.2, 0) is 9.53 Å². The Hall–Kier alpha value is -0.830. The van der Waals surface area contributed by atoms with Crippen LogP contribution in [0.25, 0.3) is 0 Å². The van der Waals surface area contributed by atoms with Crippen molar-refractivity contribution in [3.05, 3.63) is 11.8 Å². The third-order valence-electron chi connectivity index (χ3n) is 3.19. The lowest BCUT2D eigenvalue weighted by atomic mass is 9.78. The summed E-state index contributed by atoms with van der Waals surface area (Å²) in [5, 5.41) is 9.39. The van der Waals surface area contributed by atoms with Crippen molar-refractivity contribution in [2.45, 2.75) is 25.7 Å². The summed E-state index contributed by atoms with van der Waals surface area (Å²) in [4.78, 5) is 11.3. The molecule has 3 heteroatoms. The molecule has 0 aromatic carbocycles. The fourth-order valence-electron chi connectivity index (χ4n) is 2.42. The van der Waals surface area contributed by atoms with E-state index < -0.39 is 0 Å². The van der Waals surface area contributed by atoms with Crippen molar-refractivity contribution in [3.8, 4) is 0 Å². The van der Waals surface area contributed by atoms with Crippen LogP contribution in [0.5, 0.6) is 0 Å². The number of hydrogen-bond acceptors (Lipinski definition) is 3. The summed E-state index contributed by atoms with van der Waals surface area (Å²) in [7, 11) is 0. The van der Waals surface area contributed by atoms with Gasteiger partial charge >= 0.3 is 0 Å². The van der Waals surface area contributed by atoms with Gasteiger partial charge in [-0.1, -0.05) is 0 Å². The maximum Gasteiger partial charge on any atom is 0.159 e. The van der Waals surface area contributed by atoms with E-state index >= 15 is 0 Å². The third-order valence-corrected chi connectivity index (χ3v) is 3.19. The molecule has 0 spiro atoms. The van der Waals surface area contributed by atoms with Crippen LogP contribution < -0.4 is 0 Å². The molecule has 0 aromatic heterocycles. The van der Waals surface area contributed by atoms with Crippen molar-refractivity contribution in [2.24, 2.45) is 11.8 Å². The lowest BCUT2D eigenvalue weighted by Crippen LogP contribution is -2.27. The molecule has 2 aliphatic rings. The van der Waals surface area contributed by atoms with Gasteiger partial charge in [0, 0.05) is 32.1 Å². The second-order valence-corrected chi connectivity index (χ2v) is 4.22. The van der Waals surface area contributed by atoms with Gasteiger partial charge in [0.2, 0.25) is 0 Å². The number of hydrogen-bond donors (Lipinski definition) is 1. The average molecular weight is 196 g/mol. The largest absolute Gasteiger partial charge is 0.512 e. The minimum Gasteiger partial charge on any atom is -0.512 e. The van der Waals surface area contributed by atoms with Crippen LogP contribution in [0.2, 0.25) is 0 Å². The molecule has 1 atom stereocenters. The van der Waals surface area contributed by atoms with Gasteiger partial charge in [0.25, 0.3) is 0 Å². The summed E-state index contributed by atoms with van der Waals surface area (Å²) in [5.74, 6) is 1.24. The highest BCUT2D eigenvalue weighted by Crippen LogP contribution is 2.33. The quantitative estimate of drug-likeness (QED) is 0.696.